The van der Waals surface area contributed by atoms with Gasteiger partial charge in [0.15, 0.2) is 11.6 Å². The SMILES string of the molecule is C=CC(=O)N1CCCC(Nc2nc(Nc3ccc4c(c3)CCCN(CC3COC3)C4)ncc2F)C1. The van der Waals surface area contributed by atoms with E-state index in [1.807, 2.05) is 6.07 Å². The molecule has 2 aromatic rings. The molecular formula is C26H33FN6O2. The van der Waals surface area contributed by atoms with Crippen molar-refractivity contribution in [3.63, 3.8) is 0 Å². The molecule has 0 bridgehead atoms. The zero-order valence-corrected chi connectivity index (χ0v) is 20.0. The van der Waals surface area contributed by atoms with Crippen molar-refractivity contribution >= 4 is 23.4 Å². The molecular weight excluding hydrogens is 447 g/mol. The number of likely N-dealkylation sites (tertiary alicyclic amines) is 1. The van der Waals surface area contributed by atoms with E-state index in [2.05, 4.69) is 44.2 Å². The van der Waals surface area contributed by atoms with Crippen LogP contribution in [0.3, 0.4) is 0 Å². The van der Waals surface area contributed by atoms with Crippen molar-refractivity contribution in [1.82, 2.24) is 19.8 Å². The maximum absolute atomic E-state index is 14.5. The number of carbonyl (C=O) groups is 1. The second kappa shape index (κ2) is 10.7. The molecule has 8 nitrogen and oxygen atoms in total. The molecule has 5 rings (SSSR count). The number of ether oxygens (including phenoxy) is 1. The number of anilines is 3. The first-order chi connectivity index (χ1) is 17.1. The summed E-state index contributed by atoms with van der Waals surface area (Å²) in [4.78, 5) is 24.7. The molecule has 1 aromatic carbocycles. The van der Waals surface area contributed by atoms with E-state index in [1.54, 1.807) is 4.90 Å². The van der Waals surface area contributed by atoms with Crippen LogP contribution in [0.15, 0.2) is 37.1 Å². The Bertz CT molecular complexity index is 1080. The monoisotopic (exact) mass is 480 g/mol. The van der Waals surface area contributed by atoms with Crippen LogP contribution in [0.4, 0.5) is 21.8 Å². The number of halogens is 1. The summed E-state index contributed by atoms with van der Waals surface area (Å²) < 4.78 is 19.8. The van der Waals surface area contributed by atoms with E-state index >= 15 is 0 Å². The van der Waals surface area contributed by atoms with Gasteiger partial charge in [0.05, 0.1) is 19.4 Å². The molecule has 2 fully saturated rings. The predicted molar refractivity (Wildman–Crippen MR) is 133 cm³/mol. The van der Waals surface area contributed by atoms with Crippen LogP contribution in [0, 0.1) is 11.7 Å². The minimum atomic E-state index is -0.512. The lowest BCUT2D eigenvalue weighted by atomic mass is 10.0. The number of amides is 1. The fourth-order valence-electron chi connectivity index (χ4n) is 5.09. The zero-order chi connectivity index (χ0) is 24.2. The Morgan fingerprint density at radius 3 is 2.94 bits per heavy atom. The molecule has 1 aromatic heterocycles. The Labute approximate surface area is 205 Å². The van der Waals surface area contributed by atoms with Gasteiger partial charge in [0.1, 0.15) is 0 Å². The number of nitrogens with one attached hydrogen (secondary N) is 2. The smallest absolute Gasteiger partial charge is 0.246 e. The molecule has 0 aliphatic carbocycles. The molecule has 4 heterocycles. The fourth-order valence-corrected chi connectivity index (χ4v) is 5.09. The number of aryl methyl sites for hydroxylation is 1. The second-order valence-corrected chi connectivity index (χ2v) is 9.71. The molecule has 0 radical (unpaired) electrons. The molecule has 3 aliphatic rings. The molecule has 1 unspecified atom stereocenters. The third-order valence-corrected chi connectivity index (χ3v) is 6.99. The highest BCUT2D eigenvalue weighted by atomic mass is 19.1. The minimum Gasteiger partial charge on any atom is -0.381 e. The van der Waals surface area contributed by atoms with Gasteiger partial charge in [0.2, 0.25) is 11.9 Å². The number of rotatable bonds is 7. The maximum Gasteiger partial charge on any atom is 0.246 e. The average Bonchev–Trinajstić information content (AvgIpc) is 3.04. The van der Waals surface area contributed by atoms with Gasteiger partial charge in [-0.1, -0.05) is 12.6 Å². The molecule has 9 heteroatoms. The van der Waals surface area contributed by atoms with Crippen LogP contribution < -0.4 is 10.6 Å². The van der Waals surface area contributed by atoms with Crippen molar-refractivity contribution in [2.45, 2.75) is 38.3 Å². The van der Waals surface area contributed by atoms with E-state index in [-0.39, 0.29) is 17.8 Å². The van der Waals surface area contributed by atoms with Crippen LogP contribution in [0.2, 0.25) is 0 Å². The van der Waals surface area contributed by atoms with Crippen LogP contribution in [-0.4, -0.2) is 71.1 Å². The quantitative estimate of drug-likeness (QED) is 0.588. The van der Waals surface area contributed by atoms with Gasteiger partial charge in [-0.05, 0) is 61.6 Å². The number of hydrogen-bond donors (Lipinski definition) is 2. The number of nitrogens with zero attached hydrogens (tertiary/aromatic N) is 4. The molecule has 35 heavy (non-hydrogen) atoms. The van der Waals surface area contributed by atoms with E-state index in [4.69, 9.17) is 4.74 Å². The average molecular weight is 481 g/mol. The summed E-state index contributed by atoms with van der Waals surface area (Å²) in [5, 5.41) is 6.40. The zero-order valence-electron chi connectivity index (χ0n) is 20.0. The Morgan fingerprint density at radius 2 is 2.14 bits per heavy atom. The number of hydrogen-bond acceptors (Lipinski definition) is 7. The number of piperidine rings is 1. The normalized spacial score (nSPS) is 20.9. The molecule has 0 spiro atoms. The first kappa shape index (κ1) is 23.7. The Kier molecular flexibility index (Phi) is 7.24. The van der Waals surface area contributed by atoms with Crippen LogP contribution in [-0.2, 0) is 22.5 Å². The summed E-state index contributed by atoms with van der Waals surface area (Å²) in [6.07, 6.45) is 6.33. The number of carbonyl (C=O) groups excluding carboxylic acids is 1. The molecule has 0 saturated carbocycles. The minimum absolute atomic E-state index is 0.0770. The Balaban J connectivity index is 1.24. The highest BCUT2D eigenvalue weighted by molar-refractivity contribution is 5.87. The Hall–Kier alpha value is -3.04. The topological polar surface area (TPSA) is 82.6 Å². The van der Waals surface area contributed by atoms with Crippen molar-refractivity contribution in [2.75, 3.05) is 50.0 Å². The molecule has 2 N–H and O–H groups in total. The lowest BCUT2D eigenvalue weighted by Crippen LogP contribution is -2.44. The van der Waals surface area contributed by atoms with E-state index in [0.29, 0.717) is 25.0 Å². The van der Waals surface area contributed by atoms with Gasteiger partial charge < -0.3 is 20.3 Å². The molecule has 1 atom stereocenters. The van der Waals surface area contributed by atoms with Gasteiger partial charge >= 0.3 is 0 Å². The summed E-state index contributed by atoms with van der Waals surface area (Å²) >= 11 is 0. The number of aromatic nitrogens is 2. The van der Waals surface area contributed by atoms with Crippen molar-refractivity contribution < 1.29 is 13.9 Å². The number of benzene rings is 1. The van der Waals surface area contributed by atoms with E-state index < -0.39 is 5.82 Å². The third-order valence-electron chi connectivity index (χ3n) is 6.99. The van der Waals surface area contributed by atoms with Gasteiger partial charge in [-0.25, -0.2) is 9.37 Å². The second-order valence-electron chi connectivity index (χ2n) is 9.71. The summed E-state index contributed by atoms with van der Waals surface area (Å²) in [5.41, 5.74) is 3.58. The van der Waals surface area contributed by atoms with Crippen molar-refractivity contribution in [3.8, 4) is 0 Å². The third kappa shape index (κ3) is 5.79. The maximum atomic E-state index is 14.5. The molecule has 2 saturated heterocycles. The van der Waals surface area contributed by atoms with Crippen LogP contribution in [0.5, 0.6) is 0 Å². The molecule has 186 valence electrons. The van der Waals surface area contributed by atoms with Gasteiger partial charge in [0, 0.05) is 43.8 Å². The van der Waals surface area contributed by atoms with E-state index in [1.165, 1.54) is 23.4 Å². The first-order valence-electron chi connectivity index (χ1n) is 12.5. The van der Waals surface area contributed by atoms with Crippen LogP contribution in [0.25, 0.3) is 0 Å². The number of fused-ring (bicyclic) bond motifs is 1. The molecule has 1 amide bonds. The lowest BCUT2D eigenvalue weighted by Gasteiger charge is -2.32. The van der Waals surface area contributed by atoms with Crippen molar-refractivity contribution in [1.29, 1.82) is 0 Å². The Morgan fingerprint density at radius 1 is 1.26 bits per heavy atom. The highest BCUT2D eigenvalue weighted by Crippen LogP contribution is 2.26. The standard InChI is InChI=1S/C26H33FN6O2/c1-2-24(34)33-10-4-6-22(15-33)29-25-23(27)12-28-26(31-25)30-21-8-7-20-14-32(13-18-16-35-17-18)9-3-5-19(20)11-21/h2,7-8,11-12,18,22H,1,3-6,9-10,13-17H2,(H2,28,29,30,31). The van der Waals surface area contributed by atoms with Gasteiger partial charge in [-0.3, -0.25) is 9.69 Å². The summed E-state index contributed by atoms with van der Waals surface area (Å²) in [7, 11) is 0. The van der Waals surface area contributed by atoms with E-state index in [0.717, 1.165) is 64.2 Å². The molecule has 3 aliphatic heterocycles. The van der Waals surface area contributed by atoms with Crippen LogP contribution in [0.1, 0.15) is 30.4 Å². The summed E-state index contributed by atoms with van der Waals surface area (Å²) in [5.74, 6) is 0.525. The largest absolute Gasteiger partial charge is 0.381 e. The van der Waals surface area contributed by atoms with Crippen molar-refractivity contribution in [2.24, 2.45) is 5.92 Å². The lowest BCUT2D eigenvalue weighted by molar-refractivity contribution is -0.127. The fraction of sp³-hybridized carbons (Fsp3) is 0.500. The van der Waals surface area contributed by atoms with Gasteiger partial charge in [-0.2, -0.15) is 4.98 Å². The van der Waals surface area contributed by atoms with Gasteiger partial charge in [0.25, 0.3) is 0 Å². The summed E-state index contributed by atoms with van der Waals surface area (Å²) in [6, 6.07) is 6.29. The van der Waals surface area contributed by atoms with E-state index in [9.17, 15) is 9.18 Å². The van der Waals surface area contributed by atoms with Crippen molar-refractivity contribution in [3.05, 3.63) is 54.0 Å². The highest BCUT2D eigenvalue weighted by Gasteiger charge is 2.25. The summed E-state index contributed by atoms with van der Waals surface area (Å²) in [6.45, 7) is 9.65. The first-order valence-corrected chi connectivity index (χ1v) is 12.5. The predicted octanol–water partition coefficient (Wildman–Crippen LogP) is 3.34. The van der Waals surface area contributed by atoms with Crippen LogP contribution >= 0.6 is 0 Å². The van der Waals surface area contributed by atoms with Gasteiger partial charge in [-0.15, -0.1) is 0 Å².